The van der Waals surface area contributed by atoms with Gasteiger partial charge in [0.15, 0.2) is 0 Å². The molecule has 0 bridgehead atoms. The lowest BCUT2D eigenvalue weighted by molar-refractivity contribution is -0.215. The molecule has 5 aliphatic rings. The molecular weight excluding hydrogens is 392 g/mol. The number of fused-ring (bicyclic) bond motifs is 7. The number of hydrogen-bond donors (Lipinski definition) is 2. The van der Waals surface area contributed by atoms with Crippen molar-refractivity contribution in [3.63, 3.8) is 0 Å². The van der Waals surface area contributed by atoms with Gasteiger partial charge < -0.3 is 10.2 Å². The van der Waals surface area contributed by atoms with Crippen molar-refractivity contribution in [3.8, 4) is 0 Å². The minimum absolute atomic E-state index is 0.117. The zero-order chi connectivity index (χ0) is 23.4. The van der Waals surface area contributed by atoms with Crippen molar-refractivity contribution in [2.24, 2.45) is 50.2 Å². The van der Waals surface area contributed by atoms with Crippen molar-refractivity contribution in [3.05, 3.63) is 11.6 Å². The number of rotatable bonds is 1. The highest BCUT2D eigenvalue weighted by molar-refractivity contribution is 5.33. The monoisotopic (exact) mass is 442 g/mol. The average Bonchev–Trinajstić information content (AvgIpc) is 2.73. The SMILES string of the molecule is CC1(C)CCC2(C)CCC3(C)C(=CCC4C5(C)CCC(O)C(C)(CO)C5CCC43C)C2C1. The van der Waals surface area contributed by atoms with Crippen LogP contribution in [0.1, 0.15) is 113 Å². The smallest absolute Gasteiger partial charge is 0.0618 e. The minimum atomic E-state index is -0.361. The van der Waals surface area contributed by atoms with Crippen LogP contribution in [0.5, 0.6) is 0 Å². The Balaban J connectivity index is 1.57. The fourth-order valence-electron chi connectivity index (χ4n) is 10.5. The Bertz CT molecular complexity index is 814. The van der Waals surface area contributed by atoms with Gasteiger partial charge in [0.2, 0.25) is 0 Å². The fourth-order valence-corrected chi connectivity index (χ4v) is 10.5. The molecule has 2 nitrogen and oxygen atoms in total. The molecule has 5 aliphatic carbocycles. The molecule has 0 heterocycles. The van der Waals surface area contributed by atoms with Crippen molar-refractivity contribution in [1.29, 1.82) is 0 Å². The van der Waals surface area contributed by atoms with Crippen LogP contribution in [0.3, 0.4) is 0 Å². The molecule has 0 aromatic carbocycles. The summed E-state index contributed by atoms with van der Waals surface area (Å²) in [5, 5.41) is 21.3. The molecule has 4 saturated carbocycles. The summed E-state index contributed by atoms with van der Waals surface area (Å²) in [5.41, 5.74) is 3.28. The van der Waals surface area contributed by atoms with Gasteiger partial charge >= 0.3 is 0 Å². The van der Waals surface area contributed by atoms with Crippen LogP contribution in [0.15, 0.2) is 11.6 Å². The summed E-state index contributed by atoms with van der Waals surface area (Å²) in [6.07, 6.45) is 14.8. The number of aliphatic hydroxyl groups is 2. The van der Waals surface area contributed by atoms with Gasteiger partial charge in [-0.3, -0.25) is 0 Å². The highest BCUT2D eigenvalue weighted by Gasteiger charge is 2.68. The number of allylic oxidation sites excluding steroid dienone is 2. The predicted octanol–water partition coefficient (Wildman–Crippen LogP) is 7.14. The van der Waals surface area contributed by atoms with E-state index in [1.807, 2.05) is 5.57 Å². The van der Waals surface area contributed by atoms with E-state index in [1.54, 1.807) is 0 Å². The second kappa shape index (κ2) is 6.87. The molecule has 0 aliphatic heterocycles. The van der Waals surface area contributed by atoms with Gasteiger partial charge in [-0.25, -0.2) is 0 Å². The number of aliphatic hydroxyl groups excluding tert-OH is 2. The van der Waals surface area contributed by atoms with Gasteiger partial charge in [-0.1, -0.05) is 60.1 Å². The summed E-state index contributed by atoms with van der Waals surface area (Å²) < 4.78 is 0. The first kappa shape index (κ1) is 23.4. The van der Waals surface area contributed by atoms with Crippen LogP contribution in [-0.4, -0.2) is 22.9 Å². The van der Waals surface area contributed by atoms with Crippen molar-refractivity contribution >= 4 is 0 Å². The summed E-state index contributed by atoms with van der Waals surface area (Å²) in [6.45, 7) is 17.7. The zero-order valence-electron chi connectivity index (χ0n) is 22.1. The average molecular weight is 443 g/mol. The molecule has 182 valence electrons. The predicted molar refractivity (Wildman–Crippen MR) is 132 cm³/mol. The maximum Gasteiger partial charge on any atom is 0.0618 e. The van der Waals surface area contributed by atoms with Gasteiger partial charge in [0.1, 0.15) is 0 Å². The Labute approximate surface area is 197 Å². The summed E-state index contributed by atoms with van der Waals surface area (Å²) >= 11 is 0. The van der Waals surface area contributed by atoms with Gasteiger partial charge in [0, 0.05) is 5.41 Å². The van der Waals surface area contributed by atoms with Crippen LogP contribution in [0.4, 0.5) is 0 Å². The summed E-state index contributed by atoms with van der Waals surface area (Å²) in [5.74, 6) is 1.83. The van der Waals surface area contributed by atoms with Crippen LogP contribution in [0.25, 0.3) is 0 Å². The maximum atomic E-state index is 10.9. The normalized spacial score (nSPS) is 56.8. The van der Waals surface area contributed by atoms with Crippen LogP contribution in [-0.2, 0) is 0 Å². The Morgan fingerprint density at radius 1 is 0.844 bits per heavy atom. The molecule has 0 aromatic heterocycles. The summed E-state index contributed by atoms with van der Waals surface area (Å²) in [4.78, 5) is 0. The maximum absolute atomic E-state index is 10.9. The van der Waals surface area contributed by atoms with Gasteiger partial charge in [0.25, 0.3) is 0 Å². The third-order valence-electron chi connectivity index (χ3n) is 13.2. The van der Waals surface area contributed by atoms with Crippen molar-refractivity contribution in [2.45, 2.75) is 119 Å². The van der Waals surface area contributed by atoms with Gasteiger partial charge in [-0.05, 0) is 109 Å². The molecule has 0 saturated heterocycles. The highest BCUT2D eigenvalue weighted by atomic mass is 16.3. The van der Waals surface area contributed by atoms with Crippen LogP contribution in [0, 0.1) is 50.2 Å². The Kier molecular flexibility index (Phi) is 5.02. The summed E-state index contributed by atoms with van der Waals surface area (Å²) in [6, 6.07) is 0. The van der Waals surface area contributed by atoms with E-state index in [-0.39, 0.29) is 23.5 Å². The van der Waals surface area contributed by atoms with E-state index in [0.29, 0.717) is 33.5 Å². The van der Waals surface area contributed by atoms with Crippen molar-refractivity contribution in [2.75, 3.05) is 6.61 Å². The quantitative estimate of drug-likeness (QED) is 0.424. The van der Waals surface area contributed by atoms with Crippen LogP contribution >= 0.6 is 0 Å². The van der Waals surface area contributed by atoms with E-state index in [9.17, 15) is 10.2 Å². The third-order valence-corrected chi connectivity index (χ3v) is 13.2. The molecule has 0 aromatic rings. The van der Waals surface area contributed by atoms with E-state index in [4.69, 9.17) is 0 Å². The first-order chi connectivity index (χ1) is 14.8. The van der Waals surface area contributed by atoms with Crippen molar-refractivity contribution in [1.82, 2.24) is 0 Å². The third kappa shape index (κ3) is 2.78. The second-order valence-corrected chi connectivity index (χ2v) is 15.1. The fraction of sp³-hybridized carbons (Fsp3) is 0.933. The number of hydrogen-bond acceptors (Lipinski definition) is 2. The molecule has 2 heteroatoms. The van der Waals surface area contributed by atoms with Crippen LogP contribution < -0.4 is 0 Å². The van der Waals surface area contributed by atoms with Gasteiger partial charge in [-0.15, -0.1) is 0 Å². The molecule has 0 amide bonds. The lowest BCUT2D eigenvalue weighted by Gasteiger charge is -2.71. The van der Waals surface area contributed by atoms with E-state index in [2.05, 4.69) is 54.5 Å². The molecule has 9 unspecified atom stereocenters. The van der Waals surface area contributed by atoms with E-state index < -0.39 is 0 Å². The largest absolute Gasteiger partial charge is 0.396 e. The zero-order valence-corrected chi connectivity index (χ0v) is 22.1. The Morgan fingerprint density at radius 3 is 2.22 bits per heavy atom. The van der Waals surface area contributed by atoms with E-state index in [1.165, 1.54) is 44.9 Å². The highest BCUT2D eigenvalue weighted by Crippen LogP contribution is 2.75. The molecule has 9 atom stereocenters. The second-order valence-electron chi connectivity index (χ2n) is 15.1. The Hall–Kier alpha value is -0.340. The molecule has 5 rings (SSSR count). The van der Waals surface area contributed by atoms with Crippen LogP contribution in [0.2, 0.25) is 0 Å². The first-order valence-corrected chi connectivity index (χ1v) is 13.8. The molecule has 2 N–H and O–H groups in total. The Morgan fingerprint density at radius 2 is 1.53 bits per heavy atom. The van der Waals surface area contributed by atoms with Gasteiger partial charge in [-0.2, -0.15) is 0 Å². The van der Waals surface area contributed by atoms with E-state index >= 15 is 0 Å². The topological polar surface area (TPSA) is 40.5 Å². The van der Waals surface area contributed by atoms with E-state index in [0.717, 1.165) is 25.2 Å². The minimum Gasteiger partial charge on any atom is -0.396 e. The van der Waals surface area contributed by atoms with Gasteiger partial charge in [0.05, 0.1) is 12.7 Å². The molecule has 4 fully saturated rings. The lowest BCUT2D eigenvalue weighted by atomic mass is 9.33. The lowest BCUT2D eigenvalue weighted by Crippen LogP contribution is -2.65. The van der Waals surface area contributed by atoms with Crippen molar-refractivity contribution < 1.29 is 10.2 Å². The standard InChI is InChI=1S/C30H50O2/c1-25(2)14-15-26(3)16-17-29(6)20(21(26)18-25)8-9-23-27(4)12-11-24(32)28(5,19-31)22(27)10-13-30(23,29)7/h8,21-24,31-32H,9-19H2,1-7H3. The first-order valence-electron chi connectivity index (χ1n) is 13.8. The summed E-state index contributed by atoms with van der Waals surface area (Å²) in [7, 11) is 0. The molecule has 0 radical (unpaired) electrons. The molecule has 32 heavy (non-hydrogen) atoms. The molecule has 0 spiro atoms. The molecular formula is C30H50O2.